The number of halogens is 2. The van der Waals surface area contributed by atoms with Gasteiger partial charge in [-0.3, -0.25) is 4.79 Å². The monoisotopic (exact) mass is 345 g/mol. The molecule has 0 aliphatic carbocycles. The van der Waals surface area contributed by atoms with Gasteiger partial charge in [-0.05, 0) is 35.9 Å². The Hall–Kier alpha value is -2.23. The van der Waals surface area contributed by atoms with E-state index in [0.29, 0.717) is 40.0 Å². The summed E-state index contributed by atoms with van der Waals surface area (Å²) in [5.74, 6) is 1.03. The molecule has 0 atom stereocenters. The average Bonchev–Trinajstić information content (AvgIpc) is 3.00. The fourth-order valence-corrected chi connectivity index (χ4v) is 2.78. The lowest BCUT2D eigenvalue weighted by molar-refractivity contribution is 0.109. The molecular formula is C18H13Cl2NO2. The Kier molecular flexibility index (Phi) is 4.70. The van der Waals surface area contributed by atoms with E-state index in [2.05, 4.69) is 5.32 Å². The third-order valence-corrected chi connectivity index (χ3v) is 4.03. The van der Waals surface area contributed by atoms with E-state index in [-0.39, 0.29) is 0 Å². The number of para-hydroxylation sites is 2. The zero-order valence-corrected chi connectivity index (χ0v) is 13.6. The second-order valence-corrected chi connectivity index (χ2v) is 5.79. The van der Waals surface area contributed by atoms with Crippen molar-refractivity contribution in [2.24, 2.45) is 0 Å². The minimum atomic E-state index is 0.319. The molecule has 0 unspecified atom stereocenters. The maximum atomic E-state index is 10.7. The molecule has 3 rings (SSSR count). The van der Waals surface area contributed by atoms with E-state index in [1.165, 1.54) is 0 Å². The van der Waals surface area contributed by atoms with Gasteiger partial charge in [0, 0.05) is 12.1 Å². The van der Waals surface area contributed by atoms with Crippen LogP contribution in [0.3, 0.4) is 0 Å². The number of hydrogen-bond donors (Lipinski definition) is 1. The number of aldehydes is 1. The van der Waals surface area contributed by atoms with Crippen LogP contribution >= 0.6 is 23.2 Å². The number of anilines is 2. The summed E-state index contributed by atoms with van der Waals surface area (Å²) < 4.78 is 5.44. The minimum Gasteiger partial charge on any atom is -0.458 e. The number of rotatable bonds is 5. The van der Waals surface area contributed by atoms with Crippen molar-refractivity contribution in [2.75, 3.05) is 5.32 Å². The van der Waals surface area contributed by atoms with Gasteiger partial charge >= 0.3 is 0 Å². The molecule has 1 heterocycles. The molecule has 0 fully saturated rings. The van der Waals surface area contributed by atoms with E-state index in [0.717, 1.165) is 11.3 Å². The highest BCUT2D eigenvalue weighted by molar-refractivity contribution is 6.39. The zero-order chi connectivity index (χ0) is 16.2. The van der Waals surface area contributed by atoms with Crippen LogP contribution in [0.5, 0.6) is 0 Å². The van der Waals surface area contributed by atoms with Crippen molar-refractivity contribution in [3.05, 3.63) is 81.7 Å². The highest BCUT2D eigenvalue weighted by Gasteiger charge is 2.10. The van der Waals surface area contributed by atoms with Crippen LogP contribution in [0.15, 0.2) is 59.0 Å². The number of hydrogen-bond acceptors (Lipinski definition) is 3. The first-order valence-corrected chi connectivity index (χ1v) is 7.76. The largest absolute Gasteiger partial charge is 0.458 e. The van der Waals surface area contributed by atoms with Crippen LogP contribution in [0.25, 0.3) is 0 Å². The first kappa shape index (κ1) is 15.7. The Balaban J connectivity index is 1.90. The molecule has 116 valence electrons. The van der Waals surface area contributed by atoms with E-state index >= 15 is 0 Å². The number of furan rings is 1. The number of carbonyl (C=O) groups excluding carboxylic acids is 1. The summed E-state index contributed by atoms with van der Waals surface area (Å²) in [6.07, 6.45) is 1.25. The average molecular weight is 346 g/mol. The summed E-state index contributed by atoms with van der Waals surface area (Å²) in [5, 5.41) is 4.37. The van der Waals surface area contributed by atoms with Crippen LogP contribution in [0.4, 0.5) is 11.4 Å². The van der Waals surface area contributed by atoms with E-state index in [1.54, 1.807) is 30.3 Å². The van der Waals surface area contributed by atoms with Crippen molar-refractivity contribution in [1.82, 2.24) is 0 Å². The Bertz CT molecular complexity index is 822. The van der Waals surface area contributed by atoms with Crippen LogP contribution < -0.4 is 5.32 Å². The molecule has 3 nitrogen and oxygen atoms in total. The third-order valence-electron chi connectivity index (χ3n) is 3.40. The van der Waals surface area contributed by atoms with Gasteiger partial charge < -0.3 is 9.73 Å². The van der Waals surface area contributed by atoms with E-state index in [4.69, 9.17) is 27.6 Å². The van der Waals surface area contributed by atoms with Crippen molar-refractivity contribution in [2.45, 2.75) is 6.42 Å². The molecule has 5 heteroatoms. The first-order chi connectivity index (χ1) is 11.2. The Morgan fingerprint density at radius 1 is 0.957 bits per heavy atom. The summed E-state index contributed by atoms with van der Waals surface area (Å²) in [6, 6.07) is 16.6. The van der Waals surface area contributed by atoms with Crippen molar-refractivity contribution in [1.29, 1.82) is 0 Å². The highest BCUT2D eigenvalue weighted by atomic mass is 35.5. The molecule has 0 aliphatic rings. The molecule has 23 heavy (non-hydrogen) atoms. The van der Waals surface area contributed by atoms with Crippen molar-refractivity contribution >= 4 is 40.9 Å². The molecule has 0 bridgehead atoms. The zero-order valence-electron chi connectivity index (χ0n) is 12.1. The SMILES string of the molecule is O=Cc1ccc(Cc2ccccc2Nc2c(Cl)cccc2Cl)o1. The maximum Gasteiger partial charge on any atom is 0.185 e. The summed E-state index contributed by atoms with van der Waals surface area (Å²) in [6.45, 7) is 0. The van der Waals surface area contributed by atoms with E-state index < -0.39 is 0 Å². The molecule has 0 aliphatic heterocycles. The smallest absolute Gasteiger partial charge is 0.185 e. The summed E-state index contributed by atoms with van der Waals surface area (Å²) in [5.41, 5.74) is 2.55. The van der Waals surface area contributed by atoms with Gasteiger partial charge in [0.05, 0.1) is 15.7 Å². The first-order valence-electron chi connectivity index (χ1n) is 7.00. The summed E-state index contributed by atoms with van der Waals surface area (Å²) >= 11 is 12.4. The number of nitrogens with one attached hydrogen (secondary N) is 1. The Morgan fingerprint density at radius 2 is 1.70 bits per heavy atom. The normalized spacial score (nSPS) is 10.5. The standard InChI is InChI=1S/C18H13Cl2NO2/c19-15-5-3-6-16(20)18(15)21-17-7-2-1-4-12(17)10-13-8-9-14(11-22)23-13/h1-9,11,21H,10H2. The topological polar surface area (TPSA) is 42.2 Å². The summed E-state index contributed by atoms with van der Waals surface area (Å²) in [4.78, 5) is 10.7. The maximum absolute atomic E-state index is 10.7. The molecule has 1 aromatic heterocycles. The van der Waals surface area contributed by atoms with Gasteiger partial charge in [0.1, 0.15) is 5.76 Å². The lowest BCUT2D eigenvalue weighted by Crippen LogP contribution is -1.98. The van der Waals surface area contributed by atoms with Gasteiger partial charge in [0.25, 0.3) is 0 Å². The van der Waals surface area contributed by atoms with Crippen molar-refractivity contribution in [3.8, 4) is 0 Å². The van der Waals surface area contributed by atoms with E-state index in [1.807, 2.05) is 24.3 Å². The van der Waals surface area contributed by atoms with Crippen LogP contribution in [-0.2, 0) is 6.42 Å². The second-order valence-electron chi connectivity index (χ2n) is 4.98. The predicted molar refractivity (Wildman–Crippen MR) is 93.1 cm³/mol. The molecule has 0 saturated heterocycles. The van der Waals surface area contributed by atoms with Gasteiger partial charge in [-0.25, -0.2) is 0 Å². The molecule has 1 N–H and O–H groups in total. The lowest BCUT2D eigenvalue weighted by Gasteiger charge is -2.14. The van der Waals surface area contributed by atoms with Crippen LogP contribution in [0, 0.1) is 0 Å². The second kappa shape index (κ2) is 6.90. The lowest BCUT2D eigenvalue weighted by atomic mass is 10.1. The van der Waals surface area contributed by atoms with Gasteiger partial charge in [-0.15, -0.1) is 0 Å². The predicted octanol–water partition coefficient (Wildman–Crippen LogP) is 5.73. The van der Waals surface area contributed by atoms with E-state index in [9.17, 15) is 4.79 Å². The van der Waals surface area contributed by atoms with Gasteiger partial charge in [-0.1, -0.05) is 47.5 Å². The molecule has 3 aromatic rings. The molecule has 0 saturated carbocycles. The minimum absolute atomic E-state index is 0.319. The van der Waals surface area contributed by atoms with Crippen LogP contribution in [0.2, 0.25) is 10.0 Å². The third kappa shape index (κ3) is 3.58. The number of carbonyl (C=O) groups is 1. The molecule has 0 spiro atoms. The molecule has 0 amide bonds. The summed E-state index contributed by atoms with van der Waals surface area (Å²) in [7, 11) is 0. The van der Waals surface area contributed by atoms with Crippen molar-refractivity contribution < 1.29 is 9.21 Å². The molecule has 2 aromatic carbocycles. The Labute approximate surface area is 143 Å². The fourth-order valence-electron chi connectivity index (χ4n) is 2.29. The van der Waals surface area contributed by atoms with Crippen LogP contribution in [0.1, 0.15) is 21.9 Å². The van der Waals surface area contributed by atoms with Gasteiger partial charge in [-0.2, -0.15) is 0 Å². The molecular weight excluding hydrogens is 333 g/mol. The molecule has 0 radical (unpaired) electrons. The Morgan fingerprint density at radius 3 is 2.39 bits per heavy atom. The number of benzene rings is 2. The fraction of sp³-hybridized carbons (Fsp3) is 0.0556. The van der Waals surface area contributed by atoms with Gasteiger partial charge in [0.2, 0.25) is 0 Å². The van der Waals surface area contributed by atoms with Crippen molar-refractivity contribution in [3.63, 3.8) is 0 Å². The van der Waals surface area contributed by atoms with Crippen LogP contribution in [-0.4, -0.2) is 6.29 Å². The highest BCUT2D eigenvalue weighted by Crippen LogP contribution is 2.34. The quantitative estimate of drug-likeness (QED) is 0.600. The van der Waals surface area contributed by atoms with Gasteiger partial charge in [0.15, 0.2) is 12.0 Å².